The standard InChI is InChI=1S/C39H51N7O17S/c1-39(2,3)28-15-17-29(18-16-28)64(53,54)44(27-60-38(48)58-22-10-11-24-62-46(51)52)35-32(63-31-14-7-6-13-30(31)55-4)36(43-34(42-35)33-40-19-12-20-41-33)56-25-26-59-37(47)57-21-8-5-9-23-61-45(49)50/h6-7,12-20,49-52H,5,8-11,21-27H2,1-4H3. The number of ether oxygens (including phenoxy) is 7. The molecule has 0 spiro atoms. The van der Waals surface area contributed by atoms with E-state index in [1.165, 1.54) is 43.8 Å². The van der Waals surface area contributed by atoms with Crippen molar-refractivity contribution in [2.75, 3.05) is 57.8 Å². The van der Waals surface area contributed by atoms with Crippen molar-refractivity contribution >= 4 is 28.2 Å². The average Bonchev–Trinajstić information content (AvgIpc) is 3.26. The van der Waals surface area contributed by atoms with Crippen molar-refractivity contribution in [2.45, 2.75) is 63.2 Å². The van der Waals surface area contributed by atoms with Crippen LogP contribution in [0.3, 0.4) is 0 Å². The molecule has 64 heavy (non-hydrogen) atoms. The summed E-state index contributed by atoms with van der Waals surface area (Å²) in [4.78, 5) is 51.5. The summed E-state index contributed by atoms with van der Waals surface area (Å²) in [7, 11) is -3.35. The Bertz CT molecular complexity index is 2160. The van der Waals surface area contributed by atoms with Crippen LogP contribution < -0.4 is 18.5 Å². The fourth-order valence-electron chi connectivity index (χ4n) is 5.25. The Kier molecular flexibility index (Phi) is 20.0. The van der Waals surface area contributed by atoms with E-state index in [1.807, 2.05) is 20.8 Å². The fraction of sp³-hybridized carbons (Fsp3) is 0.436. The van der Waals surface area contributed by atoms with Crippen molar-refractivity contribution in [3.05, 3.63) is 72.6 Å². The molecule has 0 atom stereocenters. The minimum Gasteiger partial charge on any atom is -0.493 e. The Labute approximate surface area is 368 Å². The lowest BCUT2D eigenvalue weighted by Crippen LogP contribution is -2.36. The van der Waals surface area contributed by atoms with Crippen LogP contribution >= 0.6 is 0 Å². The number of unbranched alkanes of at least 4 members (excludes halogenated alkanes) is 3. The average molecular weight is 922 g/mol. The molecule has 4 aromatic rings. The Morgan fingerprint density at radius 1 is 0.656 bits per heavy atom. The number of para-hydroxylation sites is 2. The number of anilines is 1. The van der Waals surface area contributed by atoms with E-state index in [4.69, 9.17) is 54.0 Å². The largest absolute Gasteiger partial charge is 0.510 e. The van der Waals surface area contributed by atoms with Crippen LogP contribution in [0.5, 0.6) is 23.1 Å². The number of nitrogens with zero attached hydrogens (tertiary/aromatic N) is 7. The van der Waals surface area contributed by atoms with Gasteiger partial charge in [-0.1, -0.05) is 45.0 Å². The van der Waals surface area contributed by atoms with Crippen molar-refractivity contribution in [1.82, 2.24) is 30.7 Å². The molecule has 0 aliphatic heterocycles. The molecule has 0 aliphatic carbocycles. The molecule has 0 aliphatic rings. The van der Waals surface area contributed by atoms with Gasteiger partial charge in [-0.15, -0.1) is 0 Å². The van der Waals surface area contributed by atoms with Gasteiger partial charge in [-0.25, -0.2) is 37.3 Å². The van der Waals surface area contributed by atoms with E-state index in [0.717, 1.165) is 5.56 Å². The van der Waals surface area contributed by atoms with Crippen LogP contribution in [0.25, 0.3) is 11.6 Å². The number of sulfonamides is 1. The number of methoxy groups -OCH3 is 1. The van der Waals surface area contributed by atoms with E-state index in [-0.39, 0.29) is 91.8 Å². The Morgan fingerprint density at radius 2 is 1.22 bits per heavy atom. The van der Waals surface area contributed by atoms with Gasteiger partial charge in [-0.05, 0) is 73.4 Å². The Morgan fingerprint density at radius 3 is 1.83 bits per heavy atom. The smallest absolute Gasteiger partial charge is 0.493 e. The summed E-state index contributed by atoms with van der Waals surface area (Å²) >= 11 is 0. The van der Waals surface area contributed by atoms with E-state index < -0.39 is 51.4 Å². The van der Waals surface area contributed by atoms with Gasteiger partial charge in [0.2, 0.25) is 11.6 Å². The van der Waals surface area contributed by atoms with Crippen molar-refractivity contribution < 1.29 is 81.7 Å². The predicted molar refractivity (Wildman–Crippen MR) is 217 cm³/mol. The summed E-state index contributed by atoms with van der Waals surface area (Å²) in [6.07, 6.45) is 2.39. The molecular formula is C39H51N7O17S. The summed E-state index contributed by atoms with van der Waals surface area (Å²) in [6, 6.07) is 14.0. The summed E-state index contributed by atoms with van der Waals surface area (Å²) in [6.45, 7) is 3.78. The molecule has 2 heterocycles. The molecule has 25 heteroatoms. The van der Waals surface area contributed by atoms with Gasteiger partial charge >= 0.3 is 12.3 Å². The number of benzene rings is 2. The van der Waals surface area contributed by atoms with Crippen LogP contribution in [0.1, 0.15) is 58.4 Å². The minimum atomic E-state index is -4.74. The van der Waals surface area contributed by atoms with Crippen LogP contribution in [-0.4, -0.2) is 126 Å². The van der Waals surface area contributed by atoms with Crippen LogP contribution in [0.4, 0.5) is 15.4 Å². The quantitative estimate of drug-likeness (QED) is 0.0249. The van der Waals surface area contributed by atoms with Gasteiger partial charge in [-0.2, -0.15) is 4.98 Å². The summed E-state index contributed by atoms with van der Waals surface area (Å²) in [5.74, 6) is -1.39. The van der Waals surface area contributed by atoms with E-state index in [0.29, 0.717) is 23.6 Å². The van der Waals surface area contributed by atoms with E-state index in [2.05, 4.69) is 29.6 Å². The number of carbonyl (C=O) groups is 2. The predicted octanol–water partition coefficient (Wildman–Crippen LogP) is 5.84. The zero-order chi connectivity index (χ0) is 46.5. The highest BCUT2D eigenvalue weighted by atomic mass is 32.2. The van der Waals surface area contributed by atoms with Crippen LogP contribution in [0.15, 0.2) is 71.9 Å². The first-order chi connectivity index (χ1) is 30.6. The van der Waals surface area contributed by atoms with E-state index >= 15 is 0 Å². The molecule has 0 saturated carbocycles. The van der Waals surface area contributed by atoms with Gasteiger partial charge in [0.1, 0.15) is 13.2 Å². The zero-order valence-corrected chi connectivity index (χ0v) is 36.3. The lowest BCUT2D eigenvalue weighted by atomic mass is 9.87. The number of hydrogen-bond donors (Lipinski definition) is 4. The second-order valence-corrected chi connectivity index (χ2v) is 15.9. The molecule has 0 amide bonds. The number of hydrogen-bond acceptors (Lipinski definition) is 23. The number of rotatable bonds is 26. The molecule has 0 fully saturated rings. The maximum Gasteiger partial charge on any atom is 0.510 e. The van der Waals surface area contributed by atoms with E-state index in [9.17, 15) is 18.0 Å². The first-order valence-electron chi connectivity index (χ1n) is 19.6. The molecule has 0 saturated heterocycles. The van der Waals surface area contributed by atoms with Crippen LogP contribution in [-0.2, 0) is 44.1 Å². The Balaban J connectivity index is 1.73. The highest BCUT2D eigenvalue weighted by Gasteiger charge is 2.35. The van der Waals surface area contributed by atoms with Crippen LogP contribution in [0.2, 0.25) is 0 Å². The molecule has 2 aromatic heterocycles. The third kappa shape index (κ3) is 16.3. The normalized spacial score (nSPS) is 11.6. The third-order valence-corrected chi connectivity index (χ3v) is 10.2. The lowest BCUT2D eigenvalue weighted by molar-refractivity contribution is -0.492. The lowest BCUT2D eigenvalue weighted by Gasteiger charge is -2.26. The van der Waals surface area contributed by atoms with Gasteiger partial charge in [0.15, 0.2) is 29.9 Å². The molecule has 0 bridgehead atoms. The summed E-state index contributed by atoms with van der Waals surface area (Å²) < 4.78 is 68.9. The number of carbonyl (C=O) groups excluding carboxylic acids is 2. The summed E-state index contributed by atoms with van der Waals surface area (Å²) in [5.41, 5.74) is 0.489. The highest BCUT2D eigenvalue weighted by molar-refractivity contribution is 7.92. The van der Waals surface area contributed by atoms with Gasteiger partial charge < -0.3 is 33.2 Å². The molecule has 350 valence electrons. The molecule has 4 rings (SSSR count). The monoisotopic (exact) mass is 921 g/mol. The molecule has 0 radical (unpaired) electrons. The highest BCUT2D eigenvalue weighted by Crippen LogP contribution is 2.43. The van der Waals surface area contributed by atoms with Crippen molar-refractivity contribution in [2.24, 2.45) is 0 Å². The Hall–Kier alpha value is -6.03. The number of aromatic nitrogens is 4. The van der Waals surface area contributed by atoms with Crippen LogP contribution in [0, 0.1) is 0 Å². The minimum absolute atomic E-state index is 0.00378. The second-order valence-electron chi connectivity index (χ2n) is 14.1. The van der Waals surface area contributed by atoms with Gasteiger partial charge in [-0.3, -0.25) is 30.5 Å². The maximum atomic E-state index is 14.8. The molecular weight excluding hydrogens is 871 g/mol. The van der Waals surface area contributed by atoms with Crippen molar-refractivity contribution in [1.29, 1.82) is 0 Å². The molecule has 4 N–H and O–H groups in total. The first kappa shape index (κ1) is 50.6. The van der Waals surface area contributed by atoms with Crippen molar-refractivity contribution in [3.63, 3.8) is 0 Å². The molecule has 0 unspecified atom stereocenters. The molecule has 2 aromatic carbocycles. The van der Waals surface area contributed by atoms with Gasteiger partial charge in [0.05, 0.1) is 49.2 Å². The SMILES string of the molecule is COc1ccccc1Oc1c(OCCOC(=O)OCCCCCON(O)O)nc(-c2ncccn2)nc1N(COC(=O)OCCCCON(O)O)S(=O)(=O)c1ccc(C(C)(C)C)cc1. The summed E-state index contributed by atoms with van der Waals surface area (Å²) in [5, 5.41) is 33.8. The van der Waals surface area contributed by atoms with E-state index in [1.54, 1.807) is 30.3 Å². The topological polar surface area (TPSA) is 294 Å². The first-order valence-corrected chi connectivity index (χ1v) is 21.0. The fourth-order valence-corrected chi connectivity index (χ4v) is 6.52. The second kappa shape index (κ2) is 25.3. The molecule has 24 nitrogen and oxygen atoms in total. The third-order valence-electron chi connectivity index (χ3n) is 8.43. The van der Waals surface area contributed by atoms with Crippen molar-refractivity contribution in [3.8, 4) is 34.8 Å². The zero-order valence-electron chi connectivity index (χ0n) is 35.5. The van der Waals surface area contributed by atoms with Gasteiger partial charge in [0.25, 0.3) is 15.9 Å². The van der Waals surface area contributed by atoms with Gasteiger partial charge in [0, 0.05) is 12.4 Å². The maximum absolute atomic E-state index is 14.8.